The summed E-state index contributed by atoms with van der Waals surface area (Å²) in [5, 5.41) is 45.6. The molecule has 22 nitrogen and oxygen atoms in total. The molecule has 4 unspecified atom stereocenters. The first kappa shape index (κ1) is 57.2. The molecule has 0 spiro atoms. The van der Waals surface area contributed by atoms with Crippen LogP contribution in [0, 0.1) is 23.7 Å². The van der Waals surface area contributed by atoms with Crippen molar-refractivity contribution < 1.29 is 149 Å². The molecule has 4 saturated heterocycles. The Labute approximate surface area is 493 Å². The fourth-order valence-electron chi connectivity index (χ4n) is 9.34. The minimum Gasteiger partial charge on any atom is -0.744 e. The van der Waals surface area contributed by atoms with Crippen LogP contribution in [-0.2, 0) is 20.2 Å². The Bertz CT molecular complexity index is 2410. The van der Waals surface area contributed by atoms with E-state index >= 15 is 0 Å². The Balaban J connectivity index is 0.00000402. The van der Waals surface area contributed by atoms with E-state index in [1.165, 1.54) is 36.4 Å². The third kappa shape index (κ3) is 14.8. The topological polar surface area (TPSA) is 310 Å². The summed E-state index contributed by atoms with van der Waals surface area (Å²) in [6, 6.07) is 7.95. The average molecular weight is 1060 g/mol. The maximum absolute atomic E-state index is 12.8. The van der Waals surface area contributed by atoms with Gasteiger partial charge in [-0.15, -0.1) is 0 Å². The van der Waals surface area contributed by atoms with Gasteiger partial charge in [0.25, 0.3) is 0 Å². The molecule has 4 aliphatic heterocycles. The van der Waals surface area contributed by atoms with E-state index in [1.807, 2.05) is 19.6 Å². The van der Waals surface area contributed by atoms with E-state index in [2.05, 4.69) is 30.6 Å². The maximum Gasteiger partial charge on any atom is 1.00 e. The number of nitrogens with one attached hydrogen (secondary N) is 2. The van der Waals surface area contributed by atoms with Crippen molar-refractivity contribution in [3.05, 3.63) is 47.5 Å². The van der Waals surface area contributed by atoms with Crippen LogP contribution < -0.4 is 133 Å². The quantitative estimate of drug-likeness (QED) is 0.0358. The van der Waals surface area contributed by atoms with Crippen molar-refractivity contribution in [3.8, 4) is 0 Å². The zero-order valence-electron chi connectivity index (χ0n) is 39.6. The number of piperidine rings is 4. The summed E-state index contributed by atoms with van der Waals surface area (Å²) in [5.74, 6) is 1.69. The third-order valence-electron chi connectivity index (χ3n) is 13.0. The summed E-state index contributed by atoms with van der Waals surface area (Å²) >= 11 is 0. The van der Waals surface area contributed by atoms with E-state index in [0.29, 0.717) is 76.2 Å². The molecular formula is C44H58K2N12O10S2. The van der Waals surface area contributed by atoms with Gasteiger partial charge in [-0.1, -0.05) is 24.3 Å². The van der Waals surface area contributed by atoms with Crippen LogP contribution in [0.2, 0.25) is 0 Å². The molecule has 4 aliphatic rings. The molecule has 0 aliphatic carbocycles. The first-order valence-electron chi connectivity index (χ1n) is 23.1. The normalized spacial score (nSPS) is 21.3. The van der Waals surface area contributed by atoms with Crippen LogP contribution in [0.3, 0.4) is 0 Å². The van der Waals surface area contributed by atoms with Gasteiger partial charge in [-0.2, -0.15) is 29.9 Å². The number of anilines is 8. The minimum absolute atomic E-state index is 0. The molecule has 0 amide bonds. The van der Waals surface area contributed by atoms with E-state index in [9.17, 15) is 46.4 Å². The fourth-order valence-corrected chi connectivity index (χ4v) is 10.7. The molecule has 0 bridgehead atoms. The predicted molar refractivity (Wildman–Crippen MR) is 252 cm³/mol. The van der Waals surface area contributed by atoms with E-state index in [-0.39, 0.29) is 187 Å². The number of aliphatic hydroxyl groups is 4. The van der Waals surface area contributed by atoms with Crippen molar-refractivity contribution in [2.75, 3.05) is 109 Å². The molecule has 6 N–H and O–H groups in total. The van der Waals surface area contributed by atoms with Crippen LogP contribution in [0.25, 0.3) is 12.2 Å². The Kier molecular flexibility index (Phi) is 21.2. The van der Waals surface area contributed by atoms with Crippen LogP contribution in [0.1, 0.15) is 62.5 Å². The molecule has 0 saturated carbocycles. The van der Waals surface area contributed by atoms with Crippen molar-refractivity contribution in [1.29, 1.82) is 0 Å². The van der Waals surface area contributed by atoms with Gasteiger partial charge in [0.05, 0.1) is 9.79 Å². The van der Waals surface area contributed by atoms with Gasteiger partial charge < -0.3 is 59.8 Å². The van der Waals surface area contributed by atoms with Crippen molar-refractivity contribution >= 4 is 79.5 Å². The summed E-state index contributed by atoms with van der Waals surface area (Å²) in [7, 11) is -10.3. The zero-order valence-corrected chi connectivity index (χ0v) is 47.5. The second kappa shape index (κ2) is 25.9. The number of rotatable bonds is 16. The van der Waals surface area contributed by atoms with E-state index < -0.39 is 30.0 Å². The van der Waals surface area contributed by atoms with Gasteiger partial charge >= 0.3 is 103 Å². The second-order valence-corrected chi connectivity index (χ2v) is 20.8. The minimum atomic E-state index is -5.13. The van der Waals surface area contributed by atoms with Gasteiger partial charge in [-0.3, -0.25) is 0 Å². The summed E-state index contributed by atoms with van der Waals surface area (Å²) in [4.78, 5) is 34.7. The van der Waals surface area contributed by atoms with Crippen LogP contribution in [-0.4, -0.2) is 155 Å². The van der Waals surface area contributed by atoms with Crippen LogP contribution in [0.15, 0.2) is 46.2 Å². The largest absolute Gasteiger partial charge is 1.00 e. The van der Waals surface area contributed by atoms with Crippen LogP contribution in [0.4, 0.5) is 47.1 Å². The monoisotopic (exact) mass is 1060 g/mol. The molecule has 8 rings (SSSR count). The first-order chi connectivity index (χ1) is 32.7. The number of aromatic nitrogens is 6. The maximum atomic E-state index is 12.8. The number of hydrogen-bond acceptors (Lipinski definition) is 22. The first-order valence-corrected chi connectivity index (χ1v) is 25.9. The smallest absolute Gasteiger partial charge is 0.744 e. The molecule has 2 aromatic carbocycles. The Morgan fingerprint density at radius 3 is 1.04 bits per heavy atom. The van der Waals surface area contributed by atoms with Gasteiger partial charge in [0.1, 0.15) is 20.2 Å². The number of hydrogen-bond donors (Lipinski definition) is 6. The third-order valence-corrected chi connectivity index (χ3v) is 14.8. The second-order valence-electron chi connectivity index (χ2n) is 18.1. The van der Waals surface area contributed by atoms with Crippen molar-refractivity contribution in [3.63, 3.8) is 0 Å². The van der Waals surface area contributed by atoms with Gasteiger partial charge in [0.15, 0.2) is 0 Å². The fraction of sp³-hybridized carbons (Fsp3) is 0.545. The average Bonchev–Trinajstić information content (AvgIpc) is 3.35. The standard InChI is InChI=1S/C44H60N12O10S2.2K/c57-25-29-5-1-15-53(21-29)41-47-39(48-42(51-41)54-16-2-6-30(22-54)26-58)45-35-13-11-33(37(19-35)67(61,62)63)9-10-34-12-14-36(20-38(34)68(64,65)66)46-40-49-43(55-17-3-7-31(23-55)27-59)52-44(50-40)56-18-4-8-32(24-56)28-60;;/h9-14,19-20,29-32,57-60H,1-8,15-18,21-28H2,(H,61,62,63)(H,64,65,66)(H,45,47,48,51)(H,46,49,50,52);;/q;2*+1/p-2/b10-9+;;. The Hall–Kier alpha value is -2.07. The summed E-state index contributed by atoms with van der Waals surface area (Å²) in [5.41, 5.74) is 0.142. The molecule has 368 valence electrons. The van der Waals surface area contributed by atoms with E-state index in [1.54, 1.807) is 0 Å². The number of nitrogens with zero attached hydrogens (tertiary/aromatic N) is 10. The van der Waals surface area contributed by atoms with Crippen molar-refractivity contribution in [1.82, 2.24) is 29.9 Å². The molecule has 4 fully saturated rings. The molecule has 0 radical (unpaired) electrons. The van der Waals surface area contributed by atoms with Crippen LogP contribution in [0.5, 0.6) is 0 Å². The molecule has 4 atom stereocenters. The van der Waals surface area contributed by atoms with Gasteiger partial charge in [0, 0.05) is 90.2 Å². The predicted octanol–water partition coefficient (Wildman–Crippen LogP) is -3.63. The molecule has 6 heterocycles. The Morgan fingerprint density at radius 2 is 0.786 bits per heavy atom. The summed E-state index contributed by atoms with van der Waals surface area (Å²) in [6.07, 6.45) is 9.14. The van der Waals surface area contributed by atoms with Gasteiger partial charge in [-0.25, -0.2) is 16.8 Å². The SMILES string of the molecule is O=S(=O)([O-])c1cc(Nc2nc(N3CCCC(CO)C3)nc(N3CCCC(CO)C3)n2)ccc1/C=C/c1ccc(Nc2nc(N3CCCC(CO)C3)nc(N3CCCC(CO)C3)n2)cc1S(=O)(=O)[O-].[K+].[K+]. The Morgan fingerprint density at radius 1 is 0.500 bits per heavy atom. The molecule has 70 heavy (non-hydrogen) atoms. The van der Waals surface area contributed by atoms with Gasteiger partial charge in [0.2, 0.25) is 35.7 Å². The van der Waals surface area contributed by atoms with Crippen molar-refractivity contribution in [2.24, 2.45) is 23.7 Å². The molecule has 26 heteroatoms. The van der Waals surface area contributed by atoms with E-state index in [0.717, 1.165) is 63.5 Å². The molecular weight excluding hydrogens is 999 g/mol. The number of aliphatic hydroxyl groups excluding tert-OH is 4. The van der Waals surface area contributed by atoms with Gasteiger partial charge in [-0.05, 0) is 110 Å². The molecule has 4 aromatic rings. The van der Waals surface area contributed by atoms with E-state index in [4.69, 9.17) is 9.97 Å². The summed E-state index contributed by atoms with van der Waals surface area (Å²) < 4.78 is 76.5. The summed E-state index contributed by atoms with van der Waals surface area (Å²) in [6.45, 7) is 4.70. The van der Waals surface area contributed by atoms with Crippen LogP contribution >= 0.6 is 0 Å². The van der Waals surface area contributed by atoms with Crippen molar-refractivity contribution in [2.45, 2.75) is 61.2 Å². The zero-order chi connectivity index (χ0) is 48.0. The molecule has 2 aromatic heterocycles. The number of benzene rings is 2.